The average molecular weight is 274 g/mol. The number of aromatic nitrogens is 1. The molecule has 1 aliphatic heterocycles. The van der Waals surface area contributed by atoms with Crippen molar-refractivity contribution in [3.05, 3.63) is 23.4 Å². The summed E-state index contributed by atoms with van der Waals surface area (Å²) in [6.07, 6.45) is 3.26. The second kappa shape index (κ2) is 7.22. The van der Waals surface area contributed by atoms with Crippen molar-refractivity contribution < 1.29 is 4.74 Å². The molecule has 0 atom stereocenters. The van der Waals surface area contributed by atoms with E-state index in [1.807, 2.05) is 19.1 Å². The van der Waals surface area contributed by atoms with E-state index in [1.54, 1.807) is 0 Å². The lowest BCUT2D eigenvalue weighted by Crippen LogP contribution is -2.37. The Bertz CT molecular complexity index is 475. The maximum absolute atomic E-state index is 9.02. The van der Waals surface area contributed by atoms with Crippen LogP contribution in [0.15, 0.2) is 12.1 Å². The van der Waals surface area contributed by atoms with E-state index in [2.05, 4.69) is 16.0 Å². The highest BCUT2D eigenvalue weighted by molar-refractivity contribution is 5.46. The van der Waals surface area contributed by atoms with Crippen LogP contribution in [0, 0.1) is 18.3 Å². The van der Waals surface area contributed by atoms with Crippen molar-refractivity contribution in [1.82, 2.24) is 4.98 Å². The van der Waals surface area contributed by atoms with Crippen LogP contribution in [0.3, 0.4) is 0 Å². The smallest absolute Gasteiger partial charge is 0.130 e. The van der Waals surface area contributed by atoms with E-state index in [4.69, 9.17) is 15.7 Å². The van der Waals surface area contributed by atoms with Gasteiger partial charge >= 0.3 is 0 Å². The molecule has 2 rings (SSSR count). The molecule has 2 heterocycles. The largest absolute Gasteiger partial charge is 0.378 e. The van der Waals surface area contributed by atoms with Crippen molar-refractivity contribution in [2.24, 2.45) is 5.73 Å². The van der Waals surface area contributed by atoms with Crippen LogP contribution in [0.1, 0.15) is 30.5 Å². The van der Waals surface area contributed by atoms with E-state index in [0.29, 0.717) is 18.2 Å². The van der Waals surface area contributed by atoms with E-state index in [0.717, 1.165) is 50.5 Å². The molecule has 1 fully saturated rings. The number of piperidine rings is 1. The molecule has 1 aliphatic rings. The average Bonchev–Trinajstić information content (AvgIpc) is 2.47. The lowest BCUT2D eigenvalue weighted by atomic mass is 10.1. The minimum atomic E-state index is 0.332. The number of nitrogens with two attached hydrogens (primary N) is 1. The van der Waals surface area contributed by atoms with Crippen LogP contribution in [-0.4, -0.2) is 37.3 Å². The summed E-state index contributed by atoms with van der Waals surface area (Å²) < 4.78 is 5.80. The summed E-state index contributed by atoms with van der Waals surface area (Å²) in [6.45, 7) is 5.21. The first-order valence-electron chi connectivity index (χ1n) is 7.18. The lowest BCUT2D eigenvalue weighted by molar-refractivity contribution is 0.0365. The van der Waals surface area contributed by atoms with E-state index in [1.165, 1.54) is 0 Å². The third kappa shape index (κ3) is 3.92. The lowest BCUT2D eigenvalue weighted by Gasteiger charge is -2.33. The minimum absolute atomic E-state index is 0.332. The summed E-state index contributed by atoms with van der Waals surface area (Å²) in [4.78, 5) is 6.76. The Balaban J connectivity index is 1.90. The number of hydrogen-bond acceptors (Lipinski definition) is 5. The first-order chi connectivity index (χ1) is 9.72. The Morgan fingerprint density at radius 1 is 1.45 bits per heavy atom. The van der Waals surface area contributed by atoms with Crippen molar-refractivity contribution in [1.29, 1.82) is 5.26 Å². The topological polar surface area (TPSA) is 75.2 Å². The van der Waals surface area contributed by atoms with Gasteiger partial charge in [0.2, 0.25) is 0 Å². The van der Waals surface area contributed by atoms with Gasteiger partial charge in [-0.25, -0.2) is 4.98 Å². The highest BCUT2D eigenvalue weighted by Crippen LogP contribution is 2.21. The van der Waals surface area contributed by atoms with E-state index < -0.39 is 0 Å². The monoisotopic (exact) mass is 274 g/mol. The predicted octanol–water partition coefficient (Wildman–Crippen LogP) is 1.60. The molecule has 1 aromatic heterocycles. The number of nitriles is 1. The van der Waals surface area contributed by atoms with Gasteiger partial charge in [-0.05, 0) is 44.9 Å². The molecule has 1 saturated heterocycles. The fourth-order valence-corrected chi connectivity index (χ4v) is 2.46. The quantitative estimate of drug-likeness (QED) is 0.825. The molecule has 0 amide bonds. The Kier molecular flexibility index (Phi) is 5.33. The van der Waals surface area contributed by atoms with Crippen LogP contribution in [0.25, 0.3) is 0 Å². The second-order valence-electron chi connectivity index (χ2n) is 5.17. The van der Waals surface area contributed by atoms with Gasteiger partial charge in [-0.2, -0.15) is 5.26 Å². The van der Waals surface area contributed by atoms with Gasteiger partial charge in [0.05, 0.1) is 17.7 Å². The third-order valence-electron chi connectivity index (χ3n) is 3.54. The van der Waals surface area contributed by atoms with Gasteiger partial charge in [-0.1, -0.05) is 0 Å². The van der Waals surface area contributed by atoms with Crippen molar-refractivity contribution >= 4 is 5.82 Å². The van der Waals surface area contributed by atoms with Gasteiger partial charge in [-0.3, -0.25) is 0 Å². The number of hydrogen-bond donors (Lipinski definition) is 1. The first-order valence-corrected chi connectivity index (χ1v) is 7.18. The molecular formula is C15H22N4O. The number of rotatable bonds is 5. The zero-order chi connectivity index (χ0) is 14.4. The van der Waals surface area contributed by atoms with Gasteiger partial charge < -0.3 is 15.4 Å². The molecule has 0 spiro atoms. The number of pyridine rings is 1. The maximum atomic E-state index is 9.02. The summed E-state index contributed by atoms with van der Waals surface area (Å²) in [7, 11) is 0. The Morgan fingerprint density at radius 3 is 2.85 bits per heavy atom. The molecule has 0 unspecified atom stereocenters. The van der Waals surface area contributed by atoms with Gasteiger partial charge in [0.1, 0.15) is 5.82 Å². The van der Waals surface area contributed by atoms with Gasteiger partial charge in [0.15, 0.2) is 0 Å². The molecule has 1 aromatic rings. The Hall–Kier alpha value is -1.64. The molecule has 0 bridgehead atoms. The number of anilines is 1. The molecule has 5 nitrogen and oxygen atoms in total. The molecule has 0 saturated carbocycles. The van der Waals surface area contributed by atoms with Gasteiger partial charge in [0, 0.05) is 25.4 Å². The van der Waals surface area contributed by atoms with Crippen LogP contribution in [0.4, 0.5) is 5.82 Å². The Labute approximate surface area is 120 Å². The van der Waals surface area contributed by atoms with Crippen LogP contribution in [0.2, 0.25) is 0 Å². The van der Waals surface area contributed by atoms with E-state index in [-0.39, 0.29) is 0 Å². The summed E-state index contributed by atoms with van der Waals surface area (Å²) in [5.41, 5.74) is 7.02. The van der Waals surface area contributed by atoms with E-state index >= 15 is 0 Å². The van der Waals surface area contributed by atoms with E-state index in [9.17, 15) is 0 Å². The fraction of sp³-hybridized carbons (Fsp3) is 0.600. The maximum Gasteiger partial charge on any atom is 0.130 e. The first kappa shape index (κ1) is 14.8. The predicted molar refractivity (Wildman–Crippen MR) is 78.5 cm³/mol. The van der Waals surface area contributed by atoms with Crippen molar-refractivity contribution in [2.75, 3.05) is 31.1 Å². The summed E-state index contributed by atoms with van der Waals surface area (Å²) in [6, 6.07) is 5.86. The normalized spacial score (nSPS) is 16.1. The number of ether oxygens (including phenoxy) is 1. The summed E-state index contributed by atoms with van der Waals surface area (Å²) in [5.74, 6) is 0.905. The molecule has 2 N–H and O–H groups in total. The van der Waals surface area contributed by atoms with Gasteiger partial charge in [-0.15, -0.1) is 0 Å². The summed E-state index contributed by atoms with van der Waals surface area (Å²) >= 11 is 0. The van der Waals surface area contributed by atoms with Crippen molar-refractivity contribution in [3.63, 3.8) is 0 Å². The molecule has 20 heavy (non-hydrogen) atoms. The summed E-state index contributed by atoms with van der Waals surface area (Å²) in [5, 5.41) is 9.02. The Morgan fingerprint density at radius 2 is 2.20 bits per heavy atom. The number of nitrogens with zero attached hydrogens (tertiary/aromatic N) is 3. The molecule has 0 aliphatic carbocycles. The third-order valence-corrected chi connectivity index (χ3v) is 3.54. The minimum Gasteiger partial charge on any atom is -0.378 e. The number of aryl methyl sites for hydroxylation is 1. The zero-order valence-electron chi connectivity index (χ0n) is 12.0. The standard InChI is InChI=1S/C15H22N4O/c1-12-9-13(11-17)10-15(18-12)19-6-3-14(4-7-19)20-8-2-5-16/h9-10,14H,2-8,16H2,1H3. The molecule has 5 heteroatoms. The SMILES string of the molecule is Cc1cc(C#N)cc(N2CCC(OCCCN)CC2)n1. The van der Waals surface area contributed by atoms with Crippen molar-refractivity contribution in [3.8, 4) is 6.07 Å². The highest BCUT2D eigenvalue weighted by Gasteiger charge is 2.20. The second-order valence-corrected chi connectivity index (χ2v) is 5.17. The molecule has 108 valence electrons. The van der Waals surface area contributed by atoms with Crippen molar-refractivity contribution in [2.45, 2.75) is 32.3 Å². The van der Waals surface area contributed by atoms with Crippen LogP contribution in [-0.2, 0) is 4.74 Å². The molecule has 0 radical (unpaired) electrons. The highest BCUT2D eigenvalue weighted by atomic mass is 16.5. The van der Waals surface area contributed by atoms with Crippen LogP contribution >= 0.6 is 0 Å². The zero-order valence-corrected chi connectivity index (χ0v) is 12.0. The molecule has 0 aromatic carbocycles. The van der Waals surface area contributed by atoms with Gasteiger partial charge in [0.25, 0.3) is 0 Å². The van der Waals surface area contributed by atoms with Crippen LogP contribution in [0.5, 0.6) is 0 Å². The van der Waals surface area contributed by atoms with Crippen LogP contribution < -0.4 is 10.6 Å². The molecular weight excluding hydrogens is 252 g/mol. The fourth-order valence-electron chi connectivity index (χ4n) is 2.46.